The Morgan fingerprint density at radius 2 is 2.39 bits per heavy atom. The van der Waals surface area contributed by atoms with Gasteiger partial charge in [-0.15, -0.1) is 0 Å². The van der Waals surface area contributed by atoms with Gasteiger partial charge in [-0.2, -0.15) is 5.26 Å². The maximum Gasteiger partial charge on any atom is 0.115 e. The molecule has 2 heteroatoms. The van der Waals surface area contributed by atoms with E-state index in [1.807, 2.05) is 6.08 Å². The fourth-order valence-electron chi connectivity index (χ4n) is 1.73. The van der Waals surface area contributed by atoms with Crippen LogP contribution in [0.3, 0.4) is 0 Å². The Kier molecular flexibility index (Phi) is 6.64. The second-order valence-corrected chi connectivity index (χ2v) is 4.41. The Labute approximate surface area is 110 Å². The predicted molar refractivity (Wildman–Crippen MR) is 74.8 cm³/mol. The molecule has 0 N–H and O–H groups in total. The summed E-state index contributed by atoms with van der Waals surface area (Å²) in [6.45, 7) is 6.66. The average Bonchev–Trinajstić information content (AvgIpc) is 2.38. The van der Waals surface area contributed by atoms with Crippen LogP contribution >= 0.6 is 0 Å². The van der Waals surface area contributed by atoms with Gasteiger partial charge in [-0.3, -0.25) is 0 Å². The summed E-state index contributed by atoms with van der Waals surface area (Å²) in [5, 5.41) is 8.67. The molecule has 0 aliphatic heterocycles. The van der Waals surface area contributed by atoms with Crippen LogP contribution in [0, 0.1) is 11.3 Å². The lowest BCUT2D eigenvalue weighted by molar-refractivity contribution is 0.248. The first-order chi connectivity index (χ1) is 8.76. The molecule has 0 unspecified atom stereocenters. The molecule has 0 aromatic heterocycles. The molecule has 1 aliphatic rings. The van der Waals surface area contributed by atoms with Crippen LogP contribution in [-0.4, -0.2) is 6.61 Å². The van der Waals surface area contributed by atoms with E-state index in [2.05, 4.69) is 37.8 Å². The van der Waals surface area contributed by atoms with Crippen LogP contribution in [-0.2, 0) is 4.74 Å². The molecule has 1 aliphatic carbocycles. The molecule has 0 bridgehead atoms. The van der Waals surface area contributed by atoms with Crippen molar-refractivity contribution < 1.29 is 4.74 Å². The van der Waals surface area contributed by atoms with Crippen molar-refractivity contribution in [3.63, 3.8) is 0 Å². The summed E-state index contributed by atoms with van der Waals surface area (Å²) in [6, 6.07) is 2.18. The van der Waals surface area contributed by atoms with Crippen LogP contribution in [0.1, 0.15) is 39.0 Å². The van der Waals surface area contributed by atoms with Crippen molar-refractivity contribution in [2.75, 3.05) is 6.61 Å². The molecule has 0 saturated carbocycles. The summed E-state index contributed by atoms with van der Waals surface area (Å²) < 4.78 is 5.69. The molecular formula is C16H21NO. The molecule has 0 atom stereocenters. The largest absolute Gasteiger partial charge is 0.490 e. The van der Waals surface area contributed by atoms with E-state index >= 15 is 0 Å². The summed E-state index contributed by atoms with van der Waals surface area (Å²) in [4.78, 5) is 0. The van der Waals surface area contributed by atoms with Crippen LogP contribution in [0.4, 0.5) is 0 Å². The minimum Gasteiger partial charge on any atom is -0.490 e. The number of allylic oxidation sites excluding steroid dienone is 5. The van der Waals surface area contributed by atoms with Gasteiger partial charge in [0.15, 0.2) is 0 Å². The highest BCUT2D eigenvalue weighted by Crippen LogP contribution is 2.20. The van der Waals surface area contributed by atoms with E-state index in [1.165, 1.54) is 0 Å². The van der Waals surface area contributed by atoms with E-state index < -0.39 is 0 Å². The first-order valence-corrected chi connectivity index (χ1v) is 6.47. The van der Waals surface area contributed by atoms with Crippen molar-refractivity contribution in [3.8, 4) is 6.07 Å². The lowest BCUT2D eigenvalue weighted by Gasteiger charge is -2.13. The zero-order valence-electron chi connectivity index (χ0n) is 11.1. The van der Waals surface area contributed by atoms with Gasteiger partial charge in [-0.25, -0.2) is 0 Å². The first-order valence-electron chi connectivity index (χ1n) is 6.47. The van der Waals surface area contributed by atoms with E-state index in [0.717, 1.165) is 42.6 Å². The van der Waals surface area contributed by atoms with Crippen molar-refractivity contribution in [2.45, 2.75) is 39.0 Å². The first kappa shape index (κ1) is 14.3. The van der Waals surface area contributed by atoms with Gasteiger partial charge in [-0.1, -0.05) is 31.2 Å². The summed E-state index contributed by atoms with van der Waals surface area (Å²) in [6.07, 6.45) is 12.7. The summed E-state index contributed by atoms with van der Waals surface area (Å²) in [7, 11) is 0. The standard InChI is InChI=1S/C16H21NO/c1-3-4-5-7-14(2)13-18-16-9-6-8-15(12-16)10-11-17/h4-5,9,12H,2-3,6-8,10,13H2,1H3. The Morgan fingerprint density at radius 3 is 3.11 bits per heavy atom. The summed E-state index contributed by atoms with van der Waals surface area (Å²) in [5.74, 6) is 0.882. The molecule has 0 amide bonds. The number of nitrogens with zero attached hydrogens (tertiary/aromatic N) is 1. The zero-order valence-corrected chi connectivity index (χ0v) is 11.1. The van der Waals surface area contributed by atoms with Gasteiger partial charge in [0, 0.05) is 0 Å². The number of hydrogen-bond acceptors (Lipinski definition) is 2. The number of hydrogen-bond donors (Lipinski definition) is 0. The maximum absolute atomic E-state index is 8.67. The predicted octanol–water partition coefficient (Wildman–Crippen LogP) is 4.43. The minimum absolute atomic E-state index is 0.501. The van der Waals surface area contributed by atoms with Crippen LogP contribution < -0.4 is 0 Å². The molecule has 0 saturated heterocycles. The van der Waals surface area contributed by atoms with Crippen molar-refractivity contribution in [1.82, 2.24) is 0 Å². The molecule has 0 aromatic carbocycles. The average molecular weight is 243 g/mol. The molecule has 96 valence electrons. The van der Waals surface area contributed by atoms with Crippen molar-refractivity contribution in [2.24, 2.45) is 0 Å². The molecule has 0 fully saturated rings. The molecule has 1 rings (SSSR count). The van der Waals surface area contributed by atoms with Crippen LogP contribution in [0.25, 0.3) is 0 Å². The Bertz CT molecular complexity index is 407. The lowest BCUT2D eigenvalue weighted by atomic mass is 10.0. The molecule has 2 nitrogen and oxygen atoms in total. The van der Waals surface area contributed by atoms with E-state index in [1.54, 1.807) is 0 Å². The van der Waals surface area contributed by atoms with Crippen molar-refractivity contribution >= 4 is 0 Å². The van der Waals surface area contributed by atoms with Gasteiger partial charge in [0.25, 0.3) is 0 Å². The smallest absolute Gasteiger partial charge is 0.115 e. The SMILES string of the molecule is C=C(CC=CCC)COC1=CCCC(CC#N)=C1. The van der Waals surface area contributed by atoms with Gasteiger partial charge < -0.3 is 4.74 Å². The molecule has 0 aromatic rings. The van der Waals surface area contributed by atoms with E-state index in [9.17, 15) is 0 Å². The molecule has 0 radical (unpaired) electrons. The summed E-state index contributed by atoms with van der Waals surface area (Å²) in [5.41, 5.74) is 2.23. The van der Waals surface area contributed by atoms with Gasteiger partial charge in [0.05, 0.1) is 12.5 Å². The lowest BCUT2D eigenvalue weighted by Crippen LogP contribution is -2.00. The molecule has 18 heavy (non-hydrogen) atoms. The third-order valence-corrected chi connectivity index (χ3v) is 2.72. The van der Waals surface area contributed by atoms with Crippen molar-refractivity contribution in [1.29, 1.82) is 5.26 Å². The Hall–Kier alpha value is -1.75. The van der Waals surface area contributed by atoms with Gasteiger partial charge >= 0.3 is 0 Å². The topological polar surface area (TPSA) is 33.0 Å². The van der Waals surface area contributed by atoms with Crippen LogP contribution in [0.5, 0.6) is 0 Å². The fraction of sp³-hybridized carbons (Fsp3) is 0.438. The van der Waals surface area contributed by atoms with E-state index in [-0.39, 0.29) is 0 Å². The molecule has 0 heterocycles. The molecular weight excluding hydrogens is 222 g/mol. The number of nitriles is 1. The highest BCUT2D eigenvalue weighted by atomic mass is 16.5. The van der Waals surface area contributed by atoms with E-state index in [0.29, 0.717) is 13.0 Å². The third-order valence-electron chi connectivity index (χ3n) is 2.72. The quantitative estimate of drug-likeness (QED) is 0.619. The van der Waals surface area contributed by atoms with Gasteiger partial charge in [0.2, 0.25) is 0 Å². The number of rotatable bonds is 7. The fourth-order valence-corrected chi connectivity index (χ4v) is 1.73. The normalized spacial score (nSPS) is 14.9. The van der Waals surface area contributed by atoms with Crippen LogP contribution in [0.15, 0.2) is 47.8 Å². The molecule has 0 spiro atoms. The Morgan fingerprint density at radius 1 is 1.56 bits per heavy atom. The zero-order chi connectivity index (χ0) is 13.2. The second-order valence-electron chi connectivity index (χ2n) is 4.41. The van der Waals surface area contributed by atoms with Crippen molar-refractivity contribution in [3.05, 3.63) is 47.8 Å². The Balaban J connectivity index is 2.35. The third kappa shape index (κ3) is 5.54. The minimum atomic E-state index is 0.501. The highest BCUT2D eigenvalue weighted by Gasteiger charge is 2.06. The van der Waals surface area contributed by atoms with Gasteiger partial charge in [0.1, 0.15) is 12.4 Å². The number of ether oxygens (including phenoxy) is 1. The highest BCUT2D eigenvalue weighted by molar-refractivity contribution is 5.25. The maximum atomic E-state index is 8.67. The van der Waals surface area contributed by atoms with E-state index in [4.69, 9.17) is 10.00 Å². The second kappa shape index (κ2) is 8.36. The summed E-state index contributed by atoms with van der Waals surface area (Å²) >= 11 is 0. The van der Waals surface area contributed by atoms with Gasteiger partial charge in [-0.05, 0) is 43.4 Å². The monoisotopic (exact) mass is 243 g/mol. The van der Waals surface area contributed by atoms with Crippen LogP contribution in [0.2, 0.25) is 0 Å².